The fourth-order valence-corrected chi connectivity index (χ4v) is 2.82. The van der Waals surface area contributed by atoms with E-state index in [0.717, 1.165) is 22.4 Å². The molecule has 0 saturated heterocycles. The maximum atomic E-state index is 12.1. The van der Waals surface area contributed by atoms with Crippen LogP contribution in [0, 0.1) is 13.8 Å². The summed E-state index contributed by atoms with van der Waals surface area (Å²) in [5, 5.41) is 5.50. The normalized spacial score (nSPS) is 12.4. The van der Waals surface area contributed by atoms with Gasteiger partial charge in [-0.15, -0.1) is 0 Å². The molecule has 6 nitrogen and oxygen atoms in total. The number of carbonyl (C=O) groups is 2. The first-order chi connectivity index (χ1) is 12.5. The van der Waals surface area contributed by atoms with E-state index in [0.29, 0.717) is 24.7 Å². The summed E-state index contributed by atoms with van der Waals surface area (Å²) in [5.41, 5.74) is 3.57. The Morgan fingerprint density at radius 3 is 2.38 bits per heavy atom. The van der Waals surface area contributed by atoms with Gasteiger partial charge in [0.2, 0.25) is 11.8 Å². The lowest BCUT2D eigenvalue weighted by atomic mass is 10.1. The van der Waals surface area contributed by atoms with Crippen LogP contribution in [0.5, 0.6) is 11.5 Å². The quantitative estimate of drug-likeness (QED) is 0.864. The number of nitrogens with one attached hydrogen (secondary N) is 2. The van der Waals surface area contributed by atoms with Crippen LogP contribution < -0.4 is 20.1 Å². The molecule has 0 aliphatic carbocycles. The van der Waals surface area contributed by atoms with Crippen LogP contribution in [0.3, 0.4) is 0 Å². The molecule has 2 aromatic rings. The van der Waals surface area contributed by atoms with E-state index in [2.05, 4.69) is 10.6 Å². The molecule has 2 amide bonds. The smallest absolute Gasteiger partial charge is 0.243 e. The first kappa shape index (κ1) is 17.8. The molecule has 6 heteroatoms. The third-order valence-electron chi connectivity index (χ3n) is 4.16. The zero-order valence-corrected chi connectivity index (χ0v) is 14.9. The Morgan fingerprint density at radius 1 is 0.962 bits per heavy atom. The molecule has 1 aliphatic heterocycles. The van der Waals surface area contributed by atoms with Gasteiger partial charge in [-0.05, 0) is 42.7 Å². The van der Waals surface area contributed by atoms with E-state index in [1.54, 1.807) is 12.1 Å². The largest absolute Gasteiger partial charge is 0.486 e. The lowest BCUT2D eigenvalue weighted by Gasteiger charge is -2.18. The SMILES string of the molecule is Cc1cccc(C)c1NC(=O)CNC(=O)Cc1ccc2c(c1)OCCO2. The molecule has 2 N–H and O–H groups in total. The number of rotatable bonds is 5. The molecule has 3 rings (SSSR count). The Labute approximate surface area is 152 Å². The zero-order chi connectivity index (χ0) is 18.5. The predicted octanol–water partition coefficient (Wildman–Crippen LogP) is 2.37. The minimum Gasteiger partial charge on any atom is -0.486 e. The lowest BCUT2D eigenvalue weighted by Crippen LogP contribution is -2.34. The summed E-state index contributed by atoms with van der Waals surface area (Å²) in [7, 11) is 0. The molecule has 26 heavy (non-hydrogen) atoms. The van der Waals surface area contributed by atoms with Crippen LogP contribution in [-0.4, -0.2) is 31.6 Å². The lowest BCUT2D eigenvalue weighted by molar-refractivity contribution is -0.123. The highest BCUT2D eigenvalue weighted by atomic mass is 16.6. The molecule has 2 aromatic carbocycles. The molecule has 0 spiro atoms. The van der Waals surface area contributed by atoms with Gasteiger partial charge >= 0.3 is 0 Å². The highest BCUT2D eigenvalue weighted by Gasteiger charge is 2.14. The number of aryl methyl sites for hydroxylation is 2. The van der Waals surface area contributed by atoms with Gasteiger partial charge in [0.1, 0.15) is 13.2 Å². The van der Waals surface area contributed by atoms with Gasteiger partial charge in [-0.3, -0.25) is 9.59 Å². The van der Waals surface area contributed by atoms with Crippen LogP contribution in [0.1, 0.15) is 16.7 Å². The van der Waals surface area contributed by atoms with E-state index in [1.165, 1.54) is 0 Å². The maximum Gasteiger partial charge on any atom is 0.243 e. The Kier molecular flexibility index (Phi) is 5.41. The van der Waals surface area contributed by atoms with Crippen LogP contribution in [0.2, 0.25) is 0 Å². The molecule has 1 aliphatic rings. The molecule has 136 valence electrons. The summed E-state index contributed by atoms with van der Waals surface area (Å²) < 4.78 is 11.0. The van der Waals surface area contributed by atoms with Gasteiger partial charge in [-0.1, -0.05) is 24.3 Å². The van der Waals surface area contributed by atoms with Gasteiger partial charge < -0.3 is 20.1 Å². The van der Waals surface area contributed by atoms with E-state index < -0.39 is 0 Å². The van der Waals surface area contributed by atoms with Crippen molar-refractivity contribution < 1.29 is 19.1 Å². The summed E-state index contributed by atoms with van der Waals surface area (Å²) in [6.45, 7) is 4.83. The van der Waals surface area contributed by atoms with Crippen molar-refractivity contribution in [1.82, 2.24) is 5.32 Å². The molecule has 1 heterocycles. The van der Waals surface area contributed by atoms with E-state index >= 15 is 0 Å². The Hall–Kier alpha value is -3.02. The summed E-state index contributed by atoms with van der Waals surface area (Å²) in [5.74, 6) is 0.860. The van der Waals surface area contributed by atoms with E-state index in [-0.39, 0.29) is 24.8 Å². The molecule has 0 bridgehead atoms. The first-order valence-electron chi connectivity index (χ1n) is 8.54. The second-order valence-electron chi connectivity index (χ2n) is 6.25. The molecule has 0 unspecified atom stereocenters. The minimum absolute atomic E-state index is 0.0723. The van der Waals surface area contributed by atoms with E-state index in [1.807, 2.05) is 38.1 Å². The van der Waals surface area contributed by atoms with Gasteiger partial charge in [-0.2, -0.15) is 0 Å². The van der Waals surface area contributed by atoms with E-state index in [4.69, 9.17) is 9.47 Å². The van der Waals surface area contributed by atoms with Crippen LogP contribution >= 0.6 is 0 Å². The van der Waals surface area contributed by atoms with Crippen LogP contribution in [0.25, 0.3) is 0 Å². The predicted molar refractivity (Wildman–Crippen MR) is 98.7 cm³/mol. The monoisotopic (exact) mass is 354 g/mol. The highest BCUT2D eigenvalue weighted by molar-refractivity contribution is 5.95. The van der Waals surface area contributed by atoms with Gasteiger partial charge in [-0.25, -0.2) is 0 Å². The average Bonchev–Trinajstić information content (AvgIpc) is 2.63. The molecule has 0 radical (unpaired) electrons. The third-order valence-corrected chi connectivity index (χ3v) is 4.16. The van der Waals surface area contributed by atoms with Crippen molar-refractivity contribution in [2.45, 2.75) is 20.3 Å². The molecular weight excluding hydrogens is 332 g/mol. The second kappa shape index (κ2) is 7.91. The van der Waals surface area contributed by atoms with Crippen molar-refractivity contribution in [2.24, 2.45) is 0 Å². The number of fused-ring (bicyclic) bond motifs is 1. The number of hydrogen-bond acceptors (Lipinski definition) is 4. The van der Waals surface area contributed by atoms with Crippen molar-refractivity contribution >= 4 is 17.5 Å². The standard InChI is InChI=1S/C20H22N2O4/c1-13-4-3-5-14(2)20(13)22-19(24)12-21-18(23)11-15-6-7-16-17(10-15)26-9-8-25-16/h3-7,10H,8-9,11-12H2,1-2H3,(H,21,23)(H,22,24). The Balaban J connectivity index is 1.51. The van der Waals surface area contributed by atoms with Crippen LogP contribution in [-0.2, 0) is 16.0 Å². The van der Waals surface area contributed by atoms with Gasteiger partial charge in [0.25, 0.3) is 0 Å². The number of amides is 2. The number of para-hydroxylation sites is 1. The van der Waals surface area contributed by atoms with Crippen molar-refractivity contribution in [2.75, 3.05) is 25.1 Å². The highest BCUT2D eigenvalue weighted by Crippen LogP contribution is 2.30. The average molecular weight is 354 g/mol. The fourth-order valence-electron chi connectivity index (χ4n) is 2.82. The van der Waals surface area contributed by atoms with E-state index in [9.17, 15) is 9.59 Å². The maximum absolute atomic E-state index is 12.1. The van der Waals surface area contributed by atoms with Gasteiger partial charge in [0, 0.05) is 5.69 Å². The summed E-state index contributed by atoms with van der Waals surface area (Å²) in [4.78, 5) is 24.2. The van der Waals surface area contributed by atoms with Gasteiger partial charge in [0.05, 0.1) is 13.0 Å². The Morgan fingerprint density at radius 2 is 1.65 bits per heavy atom. The number of benzene rings is 2. The first-order valence-corrected chi connectivity index (χ1v) is 8.54. The molecular formula is C20H22N2O4. The number of carbonyl (C=O) groups excluding carboxylic acids is 2. The topological polar surface area (TPSA) is 76.7 Å². The summed E-state index contributed by atoms with van der Waals surface area (Å²) >= 11 is 0. The van der Waals surface area contributed by atoms with Crippen molar-refractivity contribution in [1.29, 1.82) is 0 Å². The number of anilines is 1. The van der Waals surface area contributed by atoms with Crippen LogP contribution in [0.15, 0.2) is 36.4 Å². The van der Waals surface area contributed by atoms with Crippen molar-refractivity contribution in [3.05, 3.63) is 53.1 Å². The zero-order valence-electron chi connectivity index (χ0n) is 14.9. The minimum atomic E-state index is -0.252. The van der Waals surface area contributed by atoms with Gasteiger partial charge in [0.15, 0.2) is 11.5 Å². The molecule has 0 saturated carbocycles. The summed E-state index contributed by atoms with van der Waals surface area (Å²) in [6.07, 6.45) is 0.174. The number of ether oxygens (including phenoxy) is 2. The number of hydrogen-bond donors (Lipinski definition) is 2. The molecule has 0 fully saturated rings. The fraction of sp³-hybridized carbons (Fsp3) is 0.300. The van der Waals surface area contributed by atoms with Crippen LogP contribution in [0.4, 0.5) is 5.69 Å². The second-order valence-corrected chi connectivity index (χ2v) is 6.25. The third kappa shape index (κ3) is 4.33. The summed E-state index contributed by atoms with van der Waals surface area (Å²) in [6, 6.07) is 11.2. The molecule has 0 atom stereocenters. The molecule has 0 aromatic heterocycles. The Bertz CT molecular complexity index is 812. The van der Waals surface area contributed by atoms with Crippen molar-refractivity contribution in [3.8, 4) is 11.5 Å². The van der Waals surface area contributed by atoms with Crippen molar-refractivity contribution in [3.63, 3.8) is 0 Å².